The van der Waals surface area contributed by atoms with Crippen LogP contribution in [-0.4, -0.2) is 28.9 Å². The van der Waals surface area contributed by atoms with Crippen molar-refractivity contribution in [3.05, 3.63) is 40.2 Å². The Morgan fingerprint density at radius 2 is 1.85 bits per heavy atom. The summed E-state index contributed by atoms with van der Waals surface area (Å²) in [5.41, 5.74) is 2.47. The summed E-state index contributed by atoms with van der Waals surface area (Å²) in [6, 6.07) is 5.30. The van der Waals surface area contributed by atoms with Crippen LogP contribution >= 0.6 is 11.6 Å². The lowest BCUT2D eigenvalue weighted by Crippen LogP contribution is -2.33. The topological polar surface area (TPSA) is 65.4 Å². The second-order valence-corrected chi connectivity index (χ2v) is 6.60. The van der Waals surface area contributed by atoms with Gasteiger partial charge in [0.15, 0.2) is 11.5 Å². The maximum atomic E-state index is 12.7. The van der Waals surface area contributed by atoms with Crippen molar-refractivity contribution in [2.75, 3.05) is 13.2 Å². The molecule has 0 saturated heterocycles. The molecule has 1 aromatic carbocycles. The second-order valence-electron chi connectivity index (χ2n) is 6.22. The van der Waals surface area contributed by atoms with Crippen LogP contribution in [0.2, 0.25) is 5.02 Å². The zero-order chi connectivity index (χ0) is 20.0. The molecule has 1 amide bonds. The number of halogens is 1. The highest BCUT2D eigenvalue weighted by atomic mass is 35.5. The van der Waals surface area contributed by atoms with E-state index in [1.165, 1.54) is 0 Å². The lowest BCUT2D eigenvalue weighted by Gasteiger charge is -2.18. The minimum Gasteiger partial charge on any atom is -0.490 e. The van der Waals surface area contributed by atoms with Gasteiger partial charge in [0.05, 0.1) is 29.6 Å². The monoisotopic (exact) mass is 393 g/mol. The first-order valence-corrected chi connectivity index (χ1v) is 9.68. The third-order valence-corrected chi connectivity index (χ3v) is 4.84. The van der Waals surface area contributed by atoms with Crippen LogP contribution in [0.1, 0.15) is 50.2 Å². The SMILES string of the molecule is CCOc1ccc(CNC(=O)C(CC)n2nc(C)c(Cl)c2C)cc1OCC. The number of amides is 1. The Morgan fingerprint density at radius 3 is 2.41 bits per heavy atom. The van der Waals surface area contributed by atoms with E-state index in [1.54, 1.807) is 4.68 Å². The Balaban J connectivity index is 2.11. The van der Waals surface area contributed by atoms with Gasteiger partial charge in [-0.2, -0.15) is 5.10 Å². The van der Waals surface area contributed by atoms with Crippen molar-refractivity contribution in [3.8, 4) is 11.5 Å². The molecule has 0 saturated carbocycles. The third kappa shape index (κ3) is 4.95. The molecule has 2 aromatic rings. The van der Waals surface area contributed by atoms with Gasteiger partial charge in [-0.25, -0.2) is 0 Å². The zero-order valence-electron chi connectivity index (χ0n) is 16.6. The molecule has 0 aliphatic rings. The van der Waals surface area contributed by atoms with Gasteiger partial charge in [-0.3, -0.25) is 9.48 Å². The van der Waals surface area contributed by atoms with E-state index in [0.717, 1.165) is 17.0 Å². The largest absolute Gasteiger partial charge is 0.490 e. The molecule has 6 nitrogen and oxygen atoms in total. The molecule has 1 heterocycles. The summed E-state index contributed by atoms with van der Waals surface area (Å²) < 4.78 is 12.9. The van der Waals surface area contributed by atoms with Crippen molar-refractivity contribution in [2.45, 2.75) is 53.6 Å². The molecule has 0 aliphatic heterocycles. The van der Waals surface area contributed by atoms with Crippen molar-refractivity contribution < 1.29 is 14.3 Å². The lowest BCUT2D eigenvalue weighted by atomic mass is 10.1. The van der Waals surface area contributed by atoms with Crippen LogP contribution in [0.5, 0.6) is 11.5 Å². The number of carbonyl (C=O) groups is 1. The van der Waals surface area contributed by atoms with Crippen LogP contribution in [0.4, 0.5) is 0 Å². The molecule has 148 valence electrons. The fraction of sp³-hybridized carbons (Fsp3) is 0.500. The van der Waals surface area contributed by atoms with Gasteiger partial charge >= 0.3 is 0 Å². The second kappa shape index (κ2) is 9.65. The Labute approximate surface area is 165 Å². The molecule has 0 bridgehead atoms. The van der Waals surface area contributed by atoms with E-state index in [9.17, 15) is 4.79 Å². The van der Waals surface area contributed by atoms with Crippen molar-refractivity contribution in [3.63, 3.8) is 0 Å². The number of nitrogens with zero attached hydrogens (tertiary/aromatic N) is 2. The number of carbonyl (C=O) groups excluding carboxylic acids is 1. The molecule has 0 spiro atoms. The first-order chi connectivity index (χ1) is 12.9. The summed E-state index contributed by atoms with van der Waals surface area (Å²) in [6.07, 6.45) is 0.623. The number of ether oxygens (including phenoxy) is 2. The van der Waals surface area contributed by atoms with Gasteiger partial charge in [0.1, 0.15) is 6.04 Å². The minimum atomic E-state index is -0.398. The van der Waals surface area contributed by atoms with Crippen molar-refractivity contribution in [2.24, 2.45) is 0 Å². The molecular formula is C20H28ClN3O3. The maximum Gasteiger partial charge on any atom is 0.245 e. The summed E-state index contributed by atoms with van der Waals surface area (Å²) in [7, 11) is 0. The van der Waals surface area contributed by atoms with E-state index < -0.39 is 6.04 Å². The van der Waals surface area contributed by atoms with Gasteiger partial charge in [0.25, 0.3) is 0 Å². The van der Waals surface area contributed by atoms with E-state index in [-0.39, 0.29) is 5.91 Å². The number of hydrogen-bond donors (Lipinski definition) is 1. The molecule has 0 radical (unpaired) electrons. The fourth-order valence-electron chi connectivity index (χ4n) is 2.93. The Bertz CT molecular complexity index is 789. The Hall–Kier alpha value is -2.21. The van der Waals surface area contributed by atoms with Gasteiger partial charge in [-0.05, 0) is 51.8 Å². The normalized spacial score (nSPS) is 11.9. The van der Waals surface area contributed by atoms with Gasteiger partial charge in [0, 0.05) is 6.54 Å². The van der Waals surface area contributed by atoms with Gasteiger partial charge in [-0.1, -0.05) is 24.6 Å². The number of hydrogen-bond acceptors (Lipinski definition) is 4. The molecule has 1 N–H and O–H groups in total. The molecule has 7 heteroatoms. The highest BCUT2D eigenvalue weighted by Gasteiger charge is 2.23. The average Bonchev–Trinajstić information content (AvgIpc) is 2.90. The predicted molar refractivity (Wildman–Crippen MR) is 107 cm³/mol. The van der Waals surface area contributed by atoms with E-state index in [4.69, 9.17) is 21.1 Å². The predicted octanol–water partition coefficient (Wildman–Crippen LogP) is 4.22. The van der Waals surface area contributed by atoms with Crippen molar-refractivity contribution in [1.82, 2.24) is 15.1 Å². The minimum absolute atomic E-state index is 0.0911. The molecule has 0 aliphatic carbocycles. The van der Waals surface area contributed by atoms with E-state index >= 15 is 0 Å². The quantitative estimate of drug-likeness (QED) is 0.692. The van der Waals surface area contributed by atoms with Crippen LogP contribution in [0.3, 0.4) is 0 Å². The molecule has 1 aromatic heterocycles. The highest BCUT2D eigenvalue weighted by Crippen LogP contribution is 2.29. The van der Waals surface area contributed by atoms with Crippen LogP contribution in [0.25, 0.3) is 0 Å². The van der Waals surface area contributed by atoms with Gasteiger partial charge < -0.3 is 14.8 Å². The van der Waals surface area contributed by atoms with Crippen molar-refractivity contribution in [1.29, 1.82) is 0 Å². The standard InChI is InChI=1S/C20H28ClN3O3/c1-6-16(24-14(5)19(21)13(4)23-24)20(25)22-12-15-9-10-17(26-7-2)18(11-15)27-8-3/h9-11,16H,6-8,12H2,1-5H3,(H,22,25). The zero-order valence-corrected chi connectivity index (χ0v) is 17.4. The molecule has 2 rings (SSSR count). The molecule has 0 fully saturated rings. The first-order valence-electron chi connectivity index (χ1n) is 9.30. The van der Waals surface area contributed by atoms with Crippen LogP contribution in [0, 0.1) is 13.8 Å². The molecular weight excluding hydrogens is 366 g/mol. The summed E-state index contributed by atoms with van der Waals surface area (Å²) in [6.45, 7) is 11.0. The smallest absolute Gasteiger partial charge is 0.245 e. The molecule has 1 atom stereocenters. The molecule has 1 unspecified atom stereocenters. The highest BCUT2D eigenvalue weighted by molar-refractivity contribution is 6.31. The van der Waals surface area contributed by atoms with Crippen molar-refractivity contribution >= 4 is 17.5 Å². The number of rotatable bonds is 9. The summed E-state index contributed by atoms with van der Waals surface area (Å²) in [5.74, 6) is 1.30. The van der Waals surface area contributed by atoms with E-state index in [1.807, 2.05) is 52.8 Å². The van der Waals surface area contributed by atoms with E-state index in [0.29, 0.717) is 42.7 Å². The van der Waals surface area contributed by atoms with E-state index in [2.05, 4.69) is 10.4 Å². The first kappa shape index (κ1) is 21.1. The van der Waals surface area contributed by atoms with Crippen LogP contribution in [-0.2, 0) is 11.3 Å². The number of nitrogens with one attached hydrogen (secondary N) is 1. The molecule has 27 heavy (non-hydrogen) atoms. The Morgan fingerprint density at radius 1 is 1.19 bits per heavy atom. The summed E-state index contributed by atoms with van der Waals surface area (Å²) >= 11 is 6.22. The summed E-state index contributed by atoms with van der Waals surface area (Å²) in [5, 5.41) is 8.01. The third-order valence-electron chi connectivity index (χ3n) is 4.30. The average molecular weight is 394 g/mol. The maximum absolute atomic E-state index is 12.7. The van der Waals surface area contributed by atoms with Gasteiger partial charge in [-0.15, -0.1) is 0 Å². The van der Waals surface area contributed by atoms with Crippen LogP contribution in [0.15, 0.2) is 18.2 Å². The lowest BCUT2D eigenvalue weighted by molar-refractivity contribution is -0.124. The van der Waals surface area contributed by atoms with Gasteiger partial charge in [0.2, 0.25) is 5.91 Å². The number of aryl methyl sites for hydroxylation is 1. The van der Waals surface area contributed by atoms with Crippen LogP contribution < -0.4 is 14.8 Å². The Kier molecular flexibility index (Phi) is 7.54. The summed E-state index contributed by atoms with van der Waals surface area (Å²) in [4.78, 5) is 12.7. The number of benzene rings is 1. The number of aromatic nitrogens is 2. The fourth-order valence-corrected chi connectivity index (χ4v) is 3.05.